The van der Waals surface area contributed by atoms with Gasteiger partial charge in [0.15, 0.2) is 0 Å². The Kier molecular flexibility index (Phi) is 11.8. The van der Waals surface area contributed by atoms with Crippen LogP contribution in [0.3, 0.4) is 0 Å². The van der Waals surface area contributed by atoms with Crippen LogP contribution in [0.25, 0.3) is 10.8 Å². The number of rotatable bonds is 13. The Bertz CT molecular complexity index is 1360. The van der Waals surface area contributed by atoms with Crippen molar-refractivity contribution in [2.24, 2.45) is 0 Å². The lowest BCUT2D eigenvalue weighted by Crippen LogP contribution is -2.47. The van der Waals surface area contributed by atoms with Crippen LogP contribution >= 0.6 is 0 Å². The number of anilines is 1. The molecule has 0 aromatic heterocycles. The molecule has 42 heavy (non-hydrogen) atoms. The van der Waals surface area contributed by atoms with Gasteiger partial charge >= 0.3 is 6.09 Å². The quantitative estimate of drug-likeness (QED) is 0.186. The van der Waals surface area contributed by atoms with E-state index in [1.54, 1.807) is 39.8 Å². The second kappa shape index (κ2) is 15.2. The number of carbonyl (C=O) groups excluding carboxylic acids is 3. The predicted octanol–water partition coefficient (Wildman–Crippen LogP) is 7.25. The monoisotopic (exact) mass is 575 g/mol. The molecular formula is C34H45N3O5. The number of alkyl carbamates (subject to hydrolysis) is 1. The highest BCUT2D eigenvalue weighted by atomic mass is 16.6. The molecule has 3 aromatic carbocycles. The number of phenolic OH excluding ortho intramolecular Hbond substituents is 1. The van der Waals surface area contributed by atoms with Crippen LogP contribution in [0, 0.1) is 6.92 Å². The Morgan fingerprint density at radius 1 is 0.905 bits per heavy atom. The number of phenols is 1. The normalized spacial score (nSPS) is 12.0. The molecule has 0 saturated carbocycles. The third-order valence-electron chi connectivity index (χ3n) is 6.97. The summed E-state index contributed by atoms with van der Waals surface area (Å²) in [5.41, 5.74) is 1.06. The van der Waals surface area contributed by atoms with Gasteiger partial charge in [-0.15, -0.1) is 0 Å². The van der Waals surface area contributed by atoms with Gasteiger partial charge in [0.05, 0.1) is 0 Å². The van der Waals surface area contributed by atoms with Crippen molar-refractivity contribution in [1.29, 1.82) is 0 Å². The third kappa shape index (κ3) is 9.79. The summed E-state index contributed by atoms with van der Waals surface area (Å²) in [5, 5.41) is 17.8. The van der Waals surface area contributed by atoms with Crippen LogP contribution in [0.2, 0.25) is 0 Å². The van der Waals surface area contributed by atoms with Crippen molar-refractivity contribution in [2.75, 3.05) is 18.4 Å². The molecule has 8 nitrogen and oxygen atoms in total. The van der Waals surface area contributed by atoms with Crippen LogP contribution < -0.4 is 10.6 Å². The van der Waals surface area contributed by atoms with Crippen molar-refractivity contribution in [3.8, 4) is 5.75 Å². The standard InChI is InChI=1S/C34H45N3O5/c1-6-7-8-9-10-13-20-37(30(39)23-35-33(41)42-34(3,4)5)31(27-17-19-29(38)24(2)21-27)32(40)36-28-18-16-25-14-11-12-15-26(25)22-28/h11-12,14-19,21-22,31,38H,6-10,13,20,23H2,1-5H3,(H,35,41)(H,36,40). The van der Waals surface area contributed by atoms with Gasteiger partial charge in [-0.1, -0.05) is 75.4 Å². The number of carbonyl (C=O) groups is 3. The van der Waals surface area contributed by atoms with Gasteiger partial charge < -0.3 is 25.4 Å². The fraction of sp³-hybridized carbons (Fsp3) is 0.441. The van der Waals surface area contributed by atoms with E-state index in [-0.39, 0.29) is 18.2 Å². The van der Waals surface area contributed by atoms with Crippen molar-refractivity contribution in [3.05, 3.63) is 71.8 Å². The smallest absolute Gasteiger partial charge is 0.408 e. The second-order valence-corrected chi connectivity index (χ2v) is 11.7. The first-order valence-corrected chi connectivity index (χ1v) is 14.8. The largest absolute Gasteiger partial charge is 0.508 e. The summed E-state index contributed by atoms with van der Waals surface area (Å²) in [6.45, 7) is 9.18. The Labute approximate surface area is 249 Å². The number of nitrogens with one attached hydrogen (secondary N) is 2. The first kappa shape index (κ1) is 32.4. The van der Waals surface area contributed by atoms with Gasteiger partial charge in [-0.3, -0.25) is 9.59 Å². The van der Waals surface area contributed by atoms with Crippen molar-refractivity contribution in [3.63, 3.8) is 0 Å². The molecule has 0 heterocycles. The van der Waals surface area contributed by atoms with E-state index < -0.39 is 23.6 Å². The fourth-order valence-corrected chi connectivity index (χ4v) is 4.82. The van der Waals surface area contributed by atoms with Crippen molar-refractivity contribution >= 4 is 34.4 Å². The minimum absolute atomic E-state index is 0.104. The molecule has 0 aliphatic heterocycles. The number of hydrogen-bond acceptors (Lipinski definition) is 5. The molecule has 0 saturated heterocycles. The highest BCUT2D eigenvalue weighted by molar-refractivity contribution is 6.00. The predicted molar refractivity (Wildman–Crippen MR) is 167 cm³/mol. The Balaban J connectivity index is 1.91. The lowest BCUT2D eigenvalue weighted by molar-refractivity contribution is -0.138. The van der Waals surface area contributed by atoms with E-state index in [0.29, 0.717) is 29.8 Å². The minimum atomic E-state index is -0.987. The van der Waals surface area contributed by atoms with Crippen LogP contribution in [0.4, 0.5) is 10.5 Å². The molecule has 0 bridgehead atoms. The topological polar surface area (TPSA) is 108 Å². The van der Waals surface area contributed by atoms with E-state index in [4.69, 9.17) is 4.74 Å². The zero-order valence-corrected chi connectivity index (χ0v) is 25.5. The van der Waals surface area contributed by atoms with E-state index >= 15 is 0 Å². The maximum Gasteiger partial charge on any atom is 0.408 e. The number of ether oxygens (including phenoxy) is 1. The molecule has 0 radical (unpaired) electrons. The highest BCUT2D eigenvalue weighted by Crippen LogP contribution is 2.29. The molecule has 3 rings (SSSR count). The number of benzene rings is 3. The number of nitrogens with zero attached hydrogens (tertiary/aromatic N) is 1. The van der Waals surface area contributed by atoms with Crippen molar-refractivity contribution in [1.82, 2.24) is 10.2 Å². The van der Waals surface area contributed by atoms with Gasteiger partial charge in [0, 0.05) is 12.2 Å². The number of unbranched alkanes of at least 4 members (excludes halogenated alkanes) is 5. The zero-order valence-electron chi connectivity index (χ0n) is 25.5. The minimum Gasteiger partial charge on any atom is -0.508 e. The summed E-state index contributed by atoms with van der Waals surface area (Å²) >= 11 is 0. The summed E-state index contributed by atoms with van der Waals surface area (Å²) in [5.74, 6) is -0.682. The highest BCUT2D eigenvalue weighted by Gasteiger charge is 2.32. The van der Waals surface area contributed by atoms with E-state index in [2.05, 4.69) is 17.6 Å². The zero-order chi connectivity index (χ0) is 30.7. The second-order valence-electron chi connectivity index (χ2n) is 11.7. The molecule has 226 valence electrons. The fourth-order valence-electron chi connectivity index (χ4n) is 4.82. The molecule has 0 spiro atoms. The molecule has 8 heteroatoms. The van der Waals surface area contributed by atoms with E-state index in [9.17, 15) is 19.5 Å². The molecule has 0 aliphatic carbocycles. The summed E-state index contributed by atoms with van der Waals surface area (Å²) in [7, 11) is 0. The molecule has 3 amide bonds. The van der Waals surface area contributed by atoms with Crippen molar-refractivity contribution < 1.29 is 24.2 Å². The third-order valence-corrected chi connectivity index (χ3v) is 6.97. The first-order valence-electron chi connectivity index (χ1n) is 14.8. The Morgan fingerprint density at radius 2 is 1.60 bits per heavy atom. The molecule has 1 atom stereocenters. The average molecular weight is 576 g/mol. The lowest BCUT2D eigenvalue weighted by Gasteiger charge is -2.32. The van der Waals surface area contributed by atoms with Crippen molar-refractivity contribution in [2.45, 2.75) is 84.8 Å². The summed E-state index contributed by atoms with van der Waals surface area (Å²) in [4.78, 5) is 41.6. The van der Waals surface area contributed by atoms with Crippen LogP contribution in [-0.2, 0) is 14.3 Å². The Morgan fingerprint density at radius 3 is 2.29 bits per heavy atom. The molecule has 3 aromatic rings. The summed E-state index contributed by atoms with van der Waals surface area (Å²) in [6.07, 6.45) is 5.37. The van der Waals surface area contributed by atoms with Gasteiger partial charge in [0.25, 0.3) is 5.91 Å². The number of hydrogen-bond donors (Lipinski definition) is 3. The molecule has 0 aliphatic rings. The molecule has 1 unspecified atom stereocenters. The van der Waals surface area contributed by atoms with E-state index in [1.165, 1.54) is 11.0 Å². The number of fused-ring (bicyclic) bond motifs is 1. The van der Waals surface area contributed by atoms with Gasteiger partial charge in [-0.25, -0.2) is 4.79 Å². The van der Waals surface area contributed by atoms with Gasteiger partial charge in [0.1, 0.15) is 23.9 Å². The molecular weight excluding hydrogens is 530 g/mol. The number of amides is 3. The SMILES string of the molecule is CCCCCCCCN(C(=O)CNC(=O)OC(C)(C)C)C(C(=O)Nc1ccc2ccccc2c1)c1ccc(O)c(C)c1. The van der Waals surface area contributed by atoms with Gasteiger partial charge in [0.2, 0.25) is 5.91 Å². The Hall–Kier alpha value is -4.07. The van der Waals surface area contributed by atoms with Crippen LogP contribution in [0.5, 0.6) is 5.75 Å². The van der Waals surface area contributed by atoms with Gasteiger partial charge in [-0.05, 0) is 80.3 Å². The number of aromatic hydroxyl groups is 1. The number of aryl methyl sites for hydroxylation is 1. The average Bonchev–Trinajstić information content (AvgIpc) is 2.93. The van der Waals surface area contributed by atoms with E-state index in [1.807, 2.05) is 42.5 Å². The van der Waals surface area contributed by atoms with E-state index in [0.717, 1.165) is 42.9 Å². The molecule has 3 N–H and O–H groups in total. The first-order chi connectivity index (χ1) is 20.0. The summed E-state index contributed by atoms with van der Waals surface area (Å²) in [6, 6.07) is 17.5. The van der Waals surface area contributed by atoms with Crippen LogP contribution in [0.1, 0.15) is 83.4 Å². The maximum atomic E-state index is 14.0. The maximum absolute atomic E-state index is 14.0. The summed E-state index contributed by atoms with van der Waals surface area (Å²) < 4.78 is 5.31. The van der Waals surface area contributed by atoms with Crippen LogP contribution in [0.15, 0.2) is 60.7 Å². The molecule has 0 fully saturated rings. The lowest BCUT2D eigenvalue weighted by atomic mass is 10.00. The van der Waals surface area contributed by atoms with Gasteiger partial charge in [-0.2, -0.15) is 0 Å². The van der Waals surface area contributed by atoms with Crippen LogP contribution in [-0.4, -0.2) is 46.6 Å².